The molecule has 0 aliphatic carbocycles. The van der Waals surface area contributed by atoms with Crippen molar-refractivity contribution in [3.63, 3.8) is 0 Å². The summed E-state index contributed by atoms with van der Waals surface area (Å²) in [5.74, 6) is 0. The molecule has 5 nitrogen and oxygen atoms in total. The molecule has 0 saturated heterocycles. The highest BCUT2D eigenvalue weighted by atomic mass is 31.2. The summed E-state index contributed by atoms with van der Waals surface area (Å²) in [6, 6.07) is 0. The van der Waals surface area contributed by atoms with Crippen LogP contribution in [0.25, 0.3) is 0 Å². The molecule has 56 valence electrons. The number of hydrogen-bond acceptors (Lipinski definition) is 2. The largest absolute Gasteiger partial charge is 0.431 e. The summed E-state index contributed by atoms with van der Waals surface area (Å²) >= 11 is 0. The Morgan fingerprint density at radius 2 is 2.30 bits per heavy atom. The third-order valence-corrected chi connectivity index (χ3v) is 1.94. The molecule has 0 unspecified atom stereocenters. The molecule has 2 N–H and O–H groups in total. The van der Waals surface area contributed by atoms with Crippen LogP contribution in [-0.4, -0.2) is 27.3 Å². The third-order valence-electron chi connectivity index (χ3n) is 1.01. The zero-order chi connectivity index (χ0) is 7.61. The molecule has 1 rings (SSSR count). The minimum atomic E-state index is -4.11. The number of nitrogens with zero attached hydrogens (tertiary/aromatic N) is 2. The van der Waals surface area contributed by atoms with Crippen molar-refractivity contribution in [1.82, 2.24) is 4.67 Å². The Morgan fingerprint density at radius 3 is 2.60 bits per heavy atom. The Balaban J connectivity index is 2.69. The van der Waals surface area contributed by atoms with E-state index in [4.69, 9.17) is 9.79 Å². The van der Waals surface area contributed by atoms with Crippen LogP contribution in [0.3, 0.4) is 0 Å². The minimum Gasteiger partial charge on any atom is -0.308 e. The smallest absolute Gasteiger partial charge is 0.308 e. The molecule has 1 aliphatic heterocycles. The molecular formula is C4H7N2O3P. The standard InChI is InChI=1S/C4H7N2O3P/c7-10(8,9)6-3-1-2-5-4-6/h1-3H,4H2,(H2,7,8,9). The molecule has 6 heteroatoms. The maximum Gasteiger partial charge on any atom is 0.431 e. The summed E-state index contributed by atoms with van der Waals surface area (Å²) in [4.78, 5) is 20.8. The van der Waals surface area contributed by atoms with E-state index in [9.17, 15) is 4.57 Å². The van der Waals surface area contributed by atoms with Crippen molar-refractivity contribution in [1.29, 1.82) is 0 Å². The van der Waals surface area contributed by atoms with Crippen LogP contribution in [0.4, 0.5) is 0 Å². The molecule has 1 aliphatic rings. The topological polar surface area (TPSA) is 73.1 Å². The van der Waals surface area contributed by atoms with Crippen LogP contribution in [0.5, 0.6) is 0 Å². The van der Waals surface area contributed by atoms with Crippen molar-refractivity contribution < 1.29 is 14.4 Å². The van der Waals surface area contributed by atoms with Gasteiger partial charge >= 0.3 is 7.75 Å². The summed E-state index contributed by atoms with van der Waals surface area (Å²) in [7, 11) is -4.11. The van der Waals surface area contributed by atoms with Gasteiger partial charge in [0.2, 0.25) is 0 Å². The van der Waals surface area contributed by atoms with Gasteiger partial charge in [0, 0.05) is 12.4 Å². The van der Waals surface area contributed by atoms with Gasteiger partial charge < -0.3 is 9.79 Å². The molecule has 0 fully saturated rings. The second-order valence-corrected chi connectivity index (χ2v) is 3.31. The van der Waals surface area contributed by atoms with Gasteiger partial charge in [0.05, 0.1) is 0 Å². The zero-order valence-electron chi connectivity index (χ0n) is 5.08. The number of aliphatic imine (C=N–C) groups is 1. The highest BCUT2D eigenvalue weighted by molar-refractivity contribution is 7.49. The SMILES string of the molecule is O=P(O)(O)N1C=CC=NC1. The van der Waals surface area contributed by atoms with Crippen LogP contribution in [-0.2, 0) is 4.57 Å². The van der Waals surface area contributed by atoms with Gasteiger partial charge in [-0.15, -0.1) is 0 Å². The molecule has 10 heavy (non-hydrogen) atoms. The molecule has 0 aromatic carbocycles. The fourth-order valence-corrected chi connectivity index (χ4v) is 1.03. The first-order valence-electron chi connectivity index (χ1n) is 2.60. The highest BCUT2D eigenvalue weighted by Gasteiger charge is 2.21. The quantitative estimate of drug-likeness (QED) is 0.529. The van der Waals surface area contributed by atoms with Crippen LogP contribution in [0.1, 0.15) is 0 Å². The van der Waals surface area contributed by atoms with Crippen LogP contribution >= 0.6 is 7.75 Å². The first-order valence-corrected chi connectivity index (χ1v) is 4.16. The van der Waals surface area contributed by atoms with Gasteiger partial charge in [-0.1, -0.05) is 0 Å². The average molecular weight is 162 g/mol. The van der Waals surface area contributed by atoms with Gasteiger partial charge in [-0.2, -0.15) is 0 Å². The lowest BCUT2D eigenvalue weighted by atomic mass is 10.6. The van der Waals surface area contributed by atoms with Gasteiger partial charge in [-0.3, -0.25) is 9.66 Å². The van der Waals surface area contributed by atoms with Crippen molar-refractivity contribution in [3.8, 4) is 0 Å². The van der Waals surface area contributed by atoms with Crippen molar-refractivity contribution in [2.45, 2.75) is 0 Å². The van der Waals surface area contributed by atoms with Crippen molar-refractivity contribution in [2.75, 3.05) is 6.67 Å². The summed E-state index contributed by atoms with van der Waals surface area (Å²) in [5.41, 5.74) is 0. The summed E-state index contributed by atoms with van der Waals surface area (Å²) in [6.07, 6.45) is 4.28. The predicted molar refractivity (Wildman–Crippen MR) is 36.4 cm³/mol. The normalized spacial score (nSPS) is 18.0. The molecule has 0 amide bonds. The summed E-state index contributed by atoms with van der Waals surface area (Å²) < 4.78 is 11.3. The van der Waals surface area contributed by atoms with E-state index in [1.54, 1.807) is 0 Å². The Bertz CT molecular complexity index is 219. The fourth-order valence-electron chi connectivity index (χ4n) is 0.546. The molecule has 0 spiro atoms. The molecule has 0 bridgehead atoms. The average Bonchev–Trinajstić information content (AvgIpc) is 1.88. The monoisotopic (exact) mass is 162 g/mol. The molecule has 0 saturated carbocycles. The fraction of sp³-hybridized carbons (Fsp3) is 0.250. The van der Waals surface area contributed by atoms with Gasteiger partial charge in [-0.25, -0.2) is 4.57 Å². The number of rotatable bonds is 1. The molecule has 0 atom stereocenters. The van der Waals surface area contributed by atoms with Crippen LogP contribution < -0.4 is 0 Å². The first-order chi connectivity index (χ1) is 4.61. The van der Waals surface area contributed by atoms with Gasteiger partial charge in [0.1, 0.15) is 6.67 Å². The van der Waals surface area contributed by atoms with Gasteiger partial charge in [-0.05, 0) is 6.08 Å². The Labute approximate surface area is 57.9 Å². The third kappa shape index (κ3) is 1.67. The summed E-state index contributed by atoms with van der Waals surface area (Å²) in [6.45, 7) is 0.0285. The lowest BCUT2D eigenvalue weighted by molar-refractivity contribution is 0.307. The van der Waals surface area contributed by atoms with E-state index in [2.05, 4.69) is 4.99 Å². The first kappa shape index (κ1) is 7.47. The van der Waals surface area contributed by atoms with Crippen molar-refractivity contribution in [2.24, 2.45) is 4.99 Å². The maximum absolute atomic E-state index is 10.5. The van der Waals surface area contributed by atoms with E-state index in [1.807, 2.05) is 0 Å². The molecule has 1 heterocycles. The number of hydrogen-bond donors (Lipinski definition) is 2. The van der Waals surface area contributed by atoms with E-state index >= 15 is 0 Å². The lowest BCUT2D eigenvalue weighted by Crippen LogP contribution is -2.15. The van der Waals surface area contributed by atoms with Crippen molar-refractivity contribution in [3.05, 3.63) is 12.3 Å². The van der Waals surface area contributed by atoms with E-state index < -0.39 is 7.75 Å². The second-order valence-electron chi connectivity index (χ2n) is 1.77. The van der Waals surface area contributed by atoms with E-state index in [0.717, 1.165) is 4.67 Å². The predicted octanol–water partition coefficient (Wildman–Crippen LogP) is -0.0633. The molecule has 0 aromatic rings. The van der Waals surface area contributed by atoms with Crippen LogP contribution in [0, 0.1) is 0 Å². The zero-order valence-corrected chi connectivity index (χ0v) is 5.98. The van der Waals surface area contributed by atoms with Crippen molar-refractivity contribution >= 4 is 14.0 Å². The van der Waals surface area contributed by atoms with Gasteiger partial charge in [0.25, 0.3) is 0 Å². The minimum absolute atomic E-state index is 0.0285. The molecule has 0 radical (unpaired) electrons. The lowest BCUT2D eigenvalue weighted by Gasteiger charge is -2.19. The highest BCUT2D eigenvalue weighted by Crippen LogP contribution is 2.40. The van der Waals surface area contributed by atoms with E-state index in [0.29, 0.717) is 0 Å². The van der Waals surface area contributed by atoms with Crippen LogP contribution in [0.15, 0.2) is 17.3 Å². The maximum atomic E-state index is 10.5. The second kappa shape index (κ2) is 2.54. The molecular weight excluding hydrogens is 155 g/mol. The van der Waals surface area contributed by atoms with Gasteiger partial charge in [0.15, 0.2) is 0 Å². The van der Waals surface area contributed by atoms with E-state index in [1.165, 1.54) is 18.5 Å². The Kier molecular flexibility index (Phi) is 1.89. The number of allylic oxidation sites excluding steroid dienone is 1. The Hall–Kier alpha value is -0.640. The summed E-state index contributed by atoms with van der Waals surface area (Å²) in [5, 5.41) is 0. The van der Waals surface area contributed by atoms with E-state index in [-0.39, 0.29) is 6.67 Å². The van der Waals surface area contributed by atoms with Crippen LogP contribution in [0.2, 0.25) is 0 Å². The molecule has 0 aromatic heterocycles. The Morgan fingerprint density at radius 1 is 1.60 bits per heavy atom.